The third-order valence-corrected chi connectivity index (χ3v) is 3.42. The number of hydrogen-bond donors (Lipinski definition) is 0. The molecule has 0 aromatic carbocycles. The van der Waals surface area contributed by atoms with Gasteiger partial charge in [0.05, 0.1) is 11.7 Å². The van der Waals surface area contributed by atoms with Crippen LogP contribution >= 0.6 is 15.9 Å². The summed E-state index contributed by atoms with van der Waals surface area (Å²) in [6.45, 7) is 6.09. The highest BCUT2D eigenvalue weighted by Crippen LogP contribution is 2.41. The van der Waals surface area contributed by atoms with Crippen molar-refractivity contribution in [2.75, 3.05) is 0 Å². The summed E-state index contributed by atoms with van der Waals surface area (Å²) in [5.74, 6) is 0.778. The van der Waals surface area contributed by atoms with Crippen molar-refractivity contribution in [1.82, 2.24) is 9.61 Å². The number of hydrogen-bond acceptors (Lipinski definition) is 1. The van der Waals surface area contributed by atoms with Gasteiger partial charge in [-0.1, -0.05) is 13.8 Å². The molecule has 0 saturated heterocycles. The summed E-state index contributed by atoms with van der Waals surface area (Å²) in [7, 11) is 0. The molecule has 0 bridgehead atoms. The second kappa shape index (κ2) is 4.58. The van der Waals surface area contributed by atoms with Gasteiger partial charge < -0.3 is 0 Å². The zero-order valence-electron chi connectivity index (χ0n) is 10.00. The Hall–Kier alpha value is -0.830. The van der Waals surface area contributed by atoms with E-state index in [1.54, 1.807) is 0 Å². The van der Waals surface area contributed by atoms with E-state index in [9.17, 15) is 0 Å². The summed E-state index contributed by atoms with van der Waals surface area (Å²) in [5, 5.41) is 4.34. The molecule has 0 radical (unpaired) electrons. The van der Waals surface area contributed by atoms with E-state index >= 15 is 0 Å². The smallest absolute Gasteiger partial charge is 0.0832 e. The van der Waals surface area contributed by atoms with Crippen molar-refractivity contribution in [1.29, 1.82) is 0 Å². The van der Waals surface area contributed by atoms with Crippen molar-refractivity contribution in [3.05, 3.63) is 34.1 Å². The van der Waals surface area contributed by atoms with Crippen LogP contribution in [0, 0.1) is 6.92 Å². The van der Waals surface area contributed by atoms with E-state index in [0.717, 1.165) is 10.4 Å². The maximum Gasteiger partial charge on any atom is 0.0832 e. The molecule has 1 aliphatic rings. The Balaban J connectivity index is 0.000000457. The molecule has 0 aliphatic heterocycles. The number of aryl methyl sites for hydroxylation is 1. The molecule has 1 aliphatic carbocycles. The van der Waals surface area contributed by atoms with Crippen LogP contribution in [0.5, 0.6) is 0 Å². The zero-order chi connectivity index (χ0) is 11.7. The van der Waals surface area contributed by atoms with Gasteiger partial charge in [-0.3, -0.25) is 0 Å². The van der Waals surface area contributed by atoms with Gasteiger partial charge in [0.15, 0.2) is 0 Å². The van der Waals surface area contributed by atoms with Crippen LogP contribution in [0.2, 0.25) is 0 Å². The molecule has 0 N–H and O–H groups in total. The van der Waals surface area contributed by atoms with Crippen LogP contribution in [-0.2, 0) is 0 Å². The first-order valence-corrected chi connectivity index (χ1v) is 6.68. The van der Waals surface area contributed by atoms with E-state index in [1.165, 1.54) is 29.5 Å². The molecule has 0 spiro atoms. The van der Waals surface area contributed by atoms with E-state index in [1.807, 2.05) is 24.6 Å². The van der Waals surface area contributed by atoms with Gasteiger partial charge in [-0.15, -0.1) is 0 Å². The Morgan fingerprint density at radius 1 is 1.38 bits per heavy atom. The lowest BCUT2D eigenvalue weighted by molar-refractivity contribution is 0.929. The number of aromatic nitrogens is 2. The molecule has 0 unspecified atom stereocenters. The Labute approximate surface area is 105 Å². The van der Waals surface area contributed by atoms with Crippen LogP contribution in [0.4, 0.5) is 0 Å². The van der Waals surface area contributed by atoms with Crippen LogP contribution < -0.4 is 0 Å². The SMILES string of the molecule is CC.Cc1cnn2cc(C3CC3)cc(Br)c12. The van der Waals surface area contributed by atoms with Gasteiger partial charge in [-0.25, -0.2) is 4.52 Å². The van der Waals surface area contributed by atoms with Crippen molar-refractivity contribution in [2.24, 2.45) is 0 Å². The molecule has 2 heterocycles. The first-order chi connectivity index (χ1) is 7.75. The highest BCUT2D eigenvalue weighted by Gasteiger charge is 2.24. The maximum absolute atomic E-state index is 4.34. The lowest BCUT2D eigenvalue weighted by Gasteiger charge is -2.03. The summed E-state index contributed by atoms with van der Waals surface area (Å²) in [5.41, 5.74) is 3.82. The molecule has 2 aromatic rings. The average molecular weight is 281 g/mol. The van der Waals surface area contributed by atoms with Crippen molar-refractivity contribution in [2.45, 2.75) is 39.5 Å². The van der Waals surface area contributed by atoms with Gasteiger partial charge in [0.2, 0.25) is 0 Å². The Morgan fingerprint density at radius 2 is 2.06 bits per heavy atom. The van der Waals surface area contributed by atoms with Crippen molar-refractivity contribution in [3.63, 3.8) is 0 Å². The number of halogens is 1. The molecular formula is C13H17BrN2. The number of pyridine rings is 1. The minimum atomic E-state index is 0.778. The van der Waals surface area contributed by atoms with E-state index in [-0.39, 0.29) is 0 Å². The molecule has 16 heavy (non-hydrogen) atoms. The Morgan fingerprint density at radius 3 is 2.69 bits per heavy atom. The summed E-state index contributed by atoms with van der Waals surface area (Å²) in [6.07, 6.45) is 6.73. The van der Waals surface area contributed by atoms with Crippen molar-refractivity contribution < 1.29 is 0 Å². The minimum Gasteiger partial charge on any atom is -0.239 e. The Kier molecular flexibility index (Phi) is 3.33. The second-order valence-corrected chi connectivity index (χ2v) is 4.87. The number of nitrogens with zero attached hydrogens (tertiary/aromatic N) is 2. The molecule has 3 rings (SSSR count). The van der Waals surface area contributed by atoms with Gasteiger partial charge in [-0.05, 0) is 58.8 Å². The van der Waals surface area contributed by atoms with Gasteiger partial charge in [-0.2, -0.15) is 5.10 Å². The van der Waals surface area contributed by atoms with E-state index in [0.29, 0.717) is 0 Å². The largest absolute Gasteiger partial charge is 0.239 e. The summed E-state index contributed by atoms with van der Waals surface area (Å²) in [6, 6.07) is 2.24. The van der Waals surface area contributed by atoms with E-state index in [2.05, 4.69) is 40.2 Å². The molecule has 0 amide bonds. The molecule has 1 saturated carbocycles. The fraction of sp³-hybridized carbons (Fsp3) is 0.462. The van der Waals surface area contributed by atoms with Gasteiger partial charge >= 0.3 is 0 Å². The quantitative estimate of drug-likeness (QED) is 0.761. The normalized spacial score (nSPS) is 14.8. The molecule has 2 nitrogen and oxygen atoms in total. The van der Waals surface area contributed by atoms with Crippen LogP contribution in [-0.4, -0.2) is 9.61 Å². The lowest BCUT2D eigenvalue weighted by Crippen LogP contribution is -1.91. The number of fused-ring (bicyclic) bond motifs is 1. The predicted octanol–water partition coefficient (Wildman–Crippen LogP) is 4.31. The first kappa shape index (κ1) is 11.6. The highest BCUT2D eigenvalue weighted by molar-refractivity contribution is 9.10. The fourth-order valence-electron chi connectivity index (χ4n) is 1.88. The molecule has 3 heteroatoms. The minimum absolute atomic E-state index is 0.778. The topological polar surface area (TPSA) is 17.3 Å². The number of rotatable bonds is 1. The third-order valence-electron chi connectivity index (χ3n) is 2.82. The van der Waals surface area contributed by atoms with Gasteiger partial charge in [0.25, 0.3) is 0 Å². The molecular weight excluding hydrogens is 264 g/mol. The first-order valence-electron chi connectivity index (χ1n) is 5.89. The Bertz CT molecular complexity index is 498. The van der Waals surface area contributed by atoms with Crippen LogP contribution in [0.3, 0.4) is 0 Å². The standard InChI is InChI=1S/C11H11BrN2.C2H6/c1-7-5-13-14-6-9(8-2-3-8)4-10(12)11(7)14;1-2/h4-6,8H,2-3H2,1H3;1-2H3. The molecule has 1 fully saturated rings. The fourth-order valence-corrected chi connectivity index (χ4v) is 2.64. The zero-order valence-corrected chi connectivity index (χ0v) is 11.6. The summed E-state index contributed by atoms with van der Waals surface area (Å²) < 4.78 is 3.14. The maximum atomic E-state index is 4.34. The lowest BCUT2D eigenvalue weighted by atomic mass is 10.2. The van der Waals surface area contributed by atoms with Gasteiger partial charge in [0.1, 0.15) is 0 Å². The van der Waals surface area contributed by atoms with Crippen LogP contribution in [0.25, 0.3) is 5.52 Å². The molecule has 86 valence electrons. The molecule has 2 aromatic heterocycles. The van der Waals surface area contributed by atoms with E-state index < -0.39 is 0 Å². The van der Waals surface area contributed by atoms with E-state index in [4.69, 9.17) is 0 Å². The van der Waals surface area contributed by atoms with Gasteiger partial charge in [0, 0.05) is 10.7 Å². The van der Waals surface area contributed by atoms with Crippen LogP contribution in [0.15, 0.2) is 22.9 Å². The van der Waals surface area contributed by atoms with Crippen LogP contribution in [0.1, 0.15) is 43.7 Å². The molecule has 0 atom stereocenters. The average Bonchev–Trinajstić information content (AvgIpc) is 3.07. The monoisotopic (exact) mass is 280 g/mol. The summed E-state index contributed by atoms with van der Waals surface area (Å²) >= 11 is 3.61. The predicted molar refractivity (Wildman–Crippen MR) is 71.0 cm³/mol. The second-order valence-electron chi connectivity index (χ2n) is 4.02. The highest BCUT2D eigenvalue weighted by atomic mass is 79.9. The van der Waals surface area contributed by atoms with Crippen molar-refractivity contribution in [3.8, 4) is 0 Å². The summed E-state index contributed by atoms with van der Waals surface area (Å²) in [4.78, 5) is 0. The third kappa shape index (κ3) is 2.01. The van der Waals surface area contributed by atoms with Crippen molar-refractivity contribution >= 4 is 21.4 Å².